The van der Waals surface area contributed by atoms with Crippen molar-refractivity contribution in [3.05, 3.63) is 52.6 Å². The highest BCUT2D eigenvalue weighted by Crippen LogP contribution is 2.40. The van der Waals surface area contributed by atoms with Gasteiger partial charge < -0.3 is 16.0 Å². The van der Waals surface area contributed by atoms with Gasteiger partial charge in [0.15, 0.2) is 0 Å². The van der Waals surface area contributed by atoms with Crippen molar-refractivity contribution in [3.8, 4) is 12.1 Å². The SMILES string of the molecule is CCc1c(C#N)c(SC(C(N)=O)c2ccccc2)nc(N(C)C2CC3CCC(C2)N3)c1C#N. The average Bonchev–Trinajstić information content (AvgIpc) is 3.18. The summed E-state index contributed by atoms with van der Waals surface area (Å²) in [5, 5.41) is 23.4. The van der Waals surface area contributed by atoms with Crippen LogP contribution in [0, 0.1) is 22.7 Å². The molecule has 2 bridgehead atoms. The summed E-state index contributed by atoms with van der Waals surface area (Å²) < 4.78 is 0. The van der Waals surface area contributed by atoms with Crippen molar-refractivity contribution in [2.45, 2.75) is 67.4 Å². The second kappa shape index (κ2) is 9.82. The number of primary amides is 1. The molecule has 2 aliphatic rings. The van der Waals surface area contributed by atoms with E-state index in [0.29, 0.717) is 46.0 Å². The molecule has 3 unspecified atom stereocenters. The lowest BCUT2D eigenvalue weighted by Gasteiger charge is -2.37. The molecule has 3 N–H and O–H groups in total. The van der Waals surface area contributed by atoms with Gasteiger partial charge in [0, 0.05) is 25.2 Å². The van der Waals surface area contributed by atoms with Crippen molar-refractivity contribution < 1.29 is 4.79 Å². The van der Waals surface area contributed by atoms with Crippen LogP contribution in [0.4, 0.5) is 5.82 Å². The molecule has 2 aliphatic heterocycles. The number of amides is 1. The number of pyridine rings is 1. The number of nitrogens with one attached hydrogen (secondary N) is 1. The molecule has 2 aromatic rings. The minimum absolute atomic E-state index is 0.264. The van der Waals surface area contributed by atoms with Crippen molar-refractivity contribution in [1.29, 1.82) is 10.5 Å². The summed E-state index contributed by atoms with van der Waals surface area (Å²) in [7, 11) is 1.99. The number of carbonyl (C=O) groups excluding carboxylic acids is 1. The standard InChI is InChI=1S/C25H28N6OS/c1-3-19-20(13-26)24(31(2)18-11-16-9-10-17(12-18)29-16)30-25(21(19)14-27)33-22(23(28)32)15-7-5-4-6-8-15/h4-8,16-18,22,29H,3,9-12H2,1-2H3,(H2,28,32). The van der Waals surface area contributed by atoms with E-state index in [9.17, 15) is 15.3 Å². The summed E-state index contributed by atoms with van der Waals surface area (Å²) in [5.41, 5.74) is 7.97. The smallest absolute Gasteiger partial charge is 0.235 e. The van der Waals surface area contributed by atoms with Gasteiger partial charge in [-0.1, -0.05) is 49.0 Å². The molecule has 4 rings (SSSR count). The van der Waals surface area contributed by atoms with Crippen LogP contribution in [-0.4, -0.2) is 36.1 Å². The molecular formula is C25H28N6OS. The molecule has 0 saturated carbocycles. The summed E-state index contributed by atoms with van der Waals surface area (Å²) in [5.74, 6) is 0.0857. The summed E-state index contributed by atoms with van der Waals surface area (Å²) >= 11 is 1.18. The third-order valence-electron chi connectivity index (χ3n) is 6.75. The number of hydrogen-bond acceptors (Lipinski definition) is 7. The number of fused-ring (bicyclic) bond motifs is 2. The number of hydrogen-bond donors (Lipinski definition) is 2. The first-order valence-corrected chi connectivity index (χ1v) is 12.2. The Morgan fingerprint density at radius 2 is 1.85 bits per heavy atom. The summed E-state index contributed by atoms with van der Waals surface area (Å²) in [6, 6.07) is 15.1. The topological polar surface area (TPSA) is 119 Å². The van der Waals surface area contributed by atoms with Gasteiger partial charge in [0.1, 0.15) is 28.2 Å². The highest BCUT2D eigenvalue weighted by molar-refractivity contribution is 8.00. The zero-order valence-corrected chi connectivity index (χ0v) is 19.7. The molecule has 1 aromatic heterocycles. The molecule has 7 nitrogen and oxygen atoms in total. The van der Waals surface area contributed by atoms with Gasteiger partial charge in [-0.3, -0.25) is 4.79 Å². The number of nitriles is 2. The van der Waals surface area contributed by atoms with E-state index in [2.05, 4.69) is 22.4 Å². The third-order valence-corrected chi connectivity index (χ3v) is 8.00. The van der Waals surface area contributed by atoms with E-state index in [-0.39, 0.29) is 6.04 Å². The molecule has 0 aliphatic carbocycles. The van der Waals surface area contributed by atoms with Crippen LogP contribution in [0.5, 0.6) is 0 Å². The second-order valence-electron chi connectivity index (χ2n) is 8.73. The average molecular weight is 461 g/mol. The lowest BCUT2D eigenvalue weighted by Crippen LogP contribution is -2.47. The first-order valence-electron chi connectivity index (χ1n) is 11.3. The summed E-state index contributed by atoms with van der Waals surface area (Å²) in [6.07, 6.45) is 4.88. The van der Waals surface area contributed by atoms with E-state index in [0.717, 1.165) is 18.4 Å². The number of anilines is 1. The minimum Gasteiger partial charge on any atom is -0.368 e. The van der Waals surface area contributed by atoms with E-state index >= 15 is 0 Å². The Morgan fingerprint density at radius 1 is 1.21 bits per heavy atom. The van der Waals surface area contributed by atoms with Gasteiger partial charge in [-0.15, -0.1) is 0 Å². The maximum atomic E-state index is 12.3. The predicted molar refractivity (Wildman–Crippen MR) is 129 cm³/mol. The van der Waals surface area contributed by atoms with E-state index in [1.54, 1.807) is 0 Å². The molecule has 2 saturated heterocycles. The first kappa shape index (κ1) is 23.1. The normalized spacial score (nSPS) is 22.2. The number of nitrogens with two attached hydrogens (primary N) is 1. The van der Waals surface area contributed by atoms with Gasteiger partial charge in [-0.05, 0) is 43.2 Å². The quantitative estimate of drug-likeness (QED) is 0.608. The highest BCUT2D eigenvalue weighted by Gasteiger charge is 2.37. The molecule has 0 radical (unpaired) electrons. The molecule has 2 fully saturated rings. The number of aromatic nitrogens is 1. The van der Waals surface area contributed by atoms with Crippen LogP contribution in [0.1, 0.15) is 60.1 Å². The predicted octanol–water partition coefficient (Wildman–Crippen LogP) is 3.43. The Hall–Kier alpha value is -3.07. The molecule has 3 heterocycles. The molecular weight excluding hydrogens is 432 g/mol. The molecule has 1 amide bonds. The summed E-state index contributed by atoms with van der Waals surface area (Å²) in [4.78, 5) is 19.3. The molecule has 3 atom stereocenters. The Bertz CT molecular complexity index is 1110. The van der Waals surface area contributed by atoms with Crippen LogP contribution in [0.2, 0.25) is 0 Å². The van der Waals surface area contributed by atoms with Gasteiger partial charge in [0.2, 0.25) is 5.91 Å². The fourth-order valence-corrected chi connectivity index (χ4v) is 6.13. The number of piperidine rings is 1. The lowest BCUT2D eigenvalue weighted by atomic mass is 9.97. The maximum Gasteiger partial charge on any atom is 0.235 e. The van der Waals surface area contributed by atoms with Crippen LogP contribution >= 0.6 is 11.8 Å². The largest absolute Gasteiger partial charge is 0.368 e. The zero-order valence-electron chi connectivity index (χ0n) is 18.9. The van der Waals surface area contributed by atoms with Crippen molar-refractivity contribution in [2.75, 3.05) is 11.9 Å². The van der Waals surface area contributed by atoms with Crippen LogP contribution in [0.3, 0.4) is 0 Å². The van der Waals surface area contributed by atoms with Gasteiger partial charge >= 0.3 is 0 Å². The fourth-order valence-electron chi connectivity index (χ4n) is 5.07. The number of benzene rings is 1. The third kappa shape index (κ3) is 4.55. The van der Waals surface area contributed by atoms with E-state index in [4.69, 9.17) is 10.7 Å². The number of carbonyl (C=O) groups is 1. The number of rotatable bonds is 7. The maximum absolute atomic E-state index is 12.3. The van der Waals surface area contributed by atoms with E-state index in [1.165, 1.54) is 24.6 Å². The zero-order chi connectivity index (χ0) is 23.5. The molecule has 0 spiro atoms. The number of thioether (sulfide) groups is 1. The van der Waals surface area contributed by atoms with Crippen molar-refractivity contribution in [1.82, 2.24) is 10.3 Å². The molecule has 8 heteroatoms. The lowest BCUT2D eigenvalue weighted by molar-refractivity contribution is -0.117. The van der Waals surface area contributed by atoms with E-state index < -0.39 is 11.2 Å². The molecule has 1 aromatic carbocycles. The van der Waals surface area contributed by atoms with Gasteiger partial charge in [-0.25, -0.2) is 4.98 Å². The first-order chi connectivity index (χ1) is 16.0. The Kier molecular flexibility index (Phi) is 6.88. The van der Waals surface area contributed by atoms with Crippen LogP contribution in [-0.2, 0) is 11.2 Å². The van der Waals surface area contributed by atoms with Gasteiger partial charge in [0.25, 0.3) is 0 Å². The van der Waals surface area contributed by atoms with Crippen LogP contribution in [0.15, 0.2) is 35.4 Å². The number of nitrogens with zero attached hydrogens (tertiary/aromatic N) is 4. The molecule has 33 heavy (non-hydrogen) atoms. The van der Waals surface area contributed by atoms with Crippen molar-refractivity contribution in [2.24, 2.45) is 5.73 Å². The minimum atomic E-state index is -0.684. The second-order valence-corrected chi connectivity index (χ2v) is 9.83. The Morgan fingerprint density at radius 3 is 2.39 bits per heavy atom. The van der Waals surface area contributed by atoms with Gasteiger partial charge in [0.05, 0.1) is 11.1 Å². The van der Waals surface area contributed by atoms with Crippen molar-refractivity contribution in [3.63, 3.8) is 0 Å². The van der Waals surface area contributed by atoms with Crippen LogP contribution < -0.4 is 16.0 Å². The van der Waals surface area contributed by atoms with E-state index in [1.807, 2.05) is 44.3 Å². The Labute approximate surface area is 199 Å². The van der Waals surface area contributed by atoms with Crippen molar-refractivity contribution >= 4 is 23.5 Å². The van der Waals surface area contributed by atoms with Crippen LogP contribution in [0.25, 0.3) is 0 Å². The van der Waals surface area contributed by atoms with Gasteiger partial charge in [-0.2, -0.15) is 10.5 Å². The fraction of sp³-hybridized carbons (Fsp3) is 0.440. The molecule has 170 valence electrons. The monoisotopic (exact) mass is 460 g/mol. The Balaban J connectivity index is 1.78. The summed E-state index contributed by atoms with van der Waals surface area (Å²) in [6.45, 7) is 1.93. The highest BCUT2D eigenvalue weighted by atomic mass is 32.2.